The van der Waals surface area contributed by atoms with Crippen molar-refractivity contribution < 1.29 is 14.3 Å². The molecule has 0 radical (unpaired) electrons. The summed E-state index contributed by atoms with van der Waals surface area (Å²) in [5.41, 5.74) is 2.80. The van der Waals surface area contributed by atoms with E-state index in [-0.39, 0.29) is 19.0 Å². The lowest BCUT2D eigenvalue weighted by molar-refractivity contribution is -0.125. The third kappa shape index (κ3) is 5.58. The second kappa shape index (κ2) is 8.45. The van der Waals surface area contributed by atoms with E-state index in [1.807, 2.05) is 39.8 Å². The number of hydrogen-bond donors (Lipinski definition) is 2. The van der Waals surface area contributed by atoms with Crippen molar-refractivity contribution in [3.63, 3.8) is 0 Å². The lowest BCUT2D eigenvalue weighted by Crippen LogP contribution is -2.42. The topological polar surface area (TPSA) is 103 Å². The van der Waals surface area contributed by atoms with Crippen LogP contribution in [0.15, 0.2) is 12.1 Å². The van der Waals surface area contributed by atoms with E-state index in [9.17, 15) is 9.59 Å². The fraction of sp³-hybridized carbons (Fsp3) is 0.579. The third-order valence-electron chi connectivity index (χ3n) is 3.88. The number of rotatable bonds is 6. The maximum absolute atomic E-state index is 13.0. The van der Waals surface area contributed by atoms with Crippen molar-refractivity contribution >= 4 is 12.0 Å². The summed E-state index contributed by atoms with van der Waals surface area (Å²) >= 11 is 0. The number of carbonyl (C=O) groups is 2. The fourth-order valence-corrected chi connectivity index (χ4v) is 2.87. The highest BCUT2D eigenvalue weighted by molar-refractivity contribution is 5.80. The Labute approximate surface area is 165 Å². The quantitative estimate of drug-likeness (QED) is 0.735. The number of nitrogens with zero attached hydrogens (tertiary/aromatic N) is 4. The zero-order chi connectivity index (χ0) is 21.1. The van der Waals surface area contributed by atoms with Gasteiger partial charge in [-0.05, 0) is 60.6 Å². The van der Waals surface area contributed by atoms with Crippen LogP contribution in [0.4, 0.5) is 4.79 Å². The van der Waals surface area contributed by atoms with Gasteiger partial charge >= 0.3 is 6.09 Å². The summed E-state index contributed by atoms with van der Waals surface area (Å²) in [6, 6.07) is 3.83. The molecule has 2 aromatic heterocycles. The van der Waals surface area contributed by atoms with Gasteiger partial charge in [-0.25, -0.2) is 14.2 Å². The first kappa shape index (κ1) is 21.5. The average Bonchev–Trinajstić information content (AvgIpc) is 3.04. The van der Waals surface area contributed by atoms with Gasteiger partial charge in [-0.3, -0.25) is 4.79 Å². The Bertz CT molecular complexity index is 800. The number of aryl methyl sites for hydroxylation is 4. The van der Waals surface area contributed by atoms with E-state index in [1.54, 1.807) is 30.1 Å². The number of amides is 2. The lowest BCUT2D eigenvalue weighted by atomic mass is 10.2. The summed E-state index contributed by atoms with van der Waals surface area (Å²) in [6.45, 7) is 13.4. The summed E-state index contributed by atoms with van der Waals surface area (Å²) < 4.78 is 8.49. The minimum absolute atomic E-state index is 0.252. The molecule has 0 spiro atoms. The predicted octanol–water partition coefficient (Wildman–Crippen LogP) is 2.00. The van der Waals surface area contributed by atoms with Crippen LogP contribution in [-0.4, -0.2) is 50.3 Å². The molecule has 0 unspecified atom stereocenters. The van der Waals surface area contributed by atoms with Gasteiger partial charge in [-0.1, -0.05) is 0 Å². The molecule has 0 bridgehead atoms. The third-order valence-corrected chi connectivity index (χ3v) is 3.88. The molecule has 0 atom stereocenters. The Morgan fingerprint density at radius 3 is 1.82 bits per heavy atom. The molecule has 2 heterocycles. The molecule has 2 amide bonds. The van der Waals surface area contributed by atoms with Crippen LogP contribution in [0.3, 0.4) is 0 Å². The Morgan fingerprint density at radius 2 is 1.43 bits per heavy atom. The molecule has 9 heteroatoms. The van der Waals surface area contributed by atoms with Crippen LogP contribution in [-0.2, 0) is 9.53 Å². The van der Waals surface area contributed by atoms with Gasteiger partial charge in [0.05, 0.1) is 11.4 Å². The monoisotopic (exact) mass is 390 g/mol. The van der Waals surface area contributed by atoms with Crippen LogP contribution in [0.25, 0.3) is 0 Å². The van der Waals surface area contributed by atoms with Crippen LogP contribution >= 0.6 is 0 Å². The van der Waals surface area contributed by atoms with Crippen molar-refractivity contribution in [3.05, 3.63) is 34.9 Å². The number of ether oxygens (including phenoxy) is 1. The number of alkyl carbamates (subject to hydrolysis) is 1. The van der Waals surface area contributed by atoms with Gasteiger partial charge in [0, 0.05) is 24.5 Å². The Kier molecular flexibility index (Phi) is 6.48. The highest BCUT2D eigenvalue weighted by atomic mass is 16.6. The molecule has 154 valence electrons. The van der Waals surface area contributed by atoms with Crippen molar-refractivity contribution in [2.75, 3.05) is 13.1 Å². The average molecular weight is 390 g/mol. The highest BCUT2D eigenvalue weighted by Gasteiger charge is 2.27. The number of carbonyl (C=O) groups excluding carboxylic acids is 2. The van der Waals surface area contributed by atoms with E-state index in [0.717, 1.165) is 22.8 Å². The molecule has 9 nitrogen and oxygen atoms in total. The molecule has 2 rings (SSSR count). The normalized spacial score (nSPS) is 11.6. The molecule has 0 fully saturated rings. The van der Waals surface area contributed by atoms with Crippen molar-refractivity contribution in [2.24, 2.45) is 0 Å². The number of nitrogens with one attached hydrogen (secondary N) is 2. The van der Waals surface area contributed by atoms with Gasteiger partial charge in [0.15, 0.2) is 0 Å². The zero-order valence-corrected chi connectivity index (χ0v) is 17.7. The Morgan fingerprint density at radius 1 is 0.964 bits per heavy atom. The first-order valence-corrected chi connectivity index (χ1v) is 9.28. The molecule has 2 N–H and O–H groups in total. The van der Waals surface area contributed by atoms with E-state index in [4.69, 9.17) is 4.74 Å². The van der Waals surface area contributed by atoms with E-state index in [2.05, 4.69) is 20.8 Å². The highest BCUT2D eigenvalue weighted by Crippen LogP contribution is 2.17. The summed E-state index contributed by atoms with van der Waals surface area (Å²) in [5, 5.41) is 14.4. The van der Waals surface area contributed by atoms with Crippen LogP contribution in [0.2, 0.25) is 0 Å². The molecule has 0 aliphatic rings. The van der Waals surface area contributed by atoms with Gasteiger partial charge in [0.25, 0.3) is 5.91 Å². The van der Waals surface area contributed by atoms with E-state index in [1.165, 1.54) is 0 Å². The molecule has 0 aliphatic heterocycles. The first-order chi connectivity index (χ1) is 13.0. The van der Waals surface area contributed by atoms with Gasteiger partial charge in [-0.2, -0.15) is 10.2 Å². The standard InChI is InChI=1S/C19H30N6O3/c1-12-10-14(3)24(22-12)17(25-15(4)11-13(2)23-25)16(26)20-8-9-21-18(27)28-19(5,6)7/h10-11,17H,8-9H2,1-7H3,(H,20,26)(H,21,27). The van der Waals surface area contributed by atoms with Crippen molar-refractivity contribution in [3.8, 4) is 0 Å². The maximum atomic E-state index is 13.0. The molecule has 0 saturated heterocycles. The smallest absolute Gasteiger partial charge is 0.407 e. The van der Waals surface area contributed by atoms with Crippen LogP contribution in [0.5, 0.6) is 0 Å². The minimum atomic E-state index is -0.746. The van der Waals surface area contributed by atoms with Crippen molar-refractivity contribution in [1.82, 2.24) is 30.2 Å². The molecule has 0 aromatic carbocycles. The SMILES string of the molecule is Cc1cc(C)n(C(C(=O)NCCNC(=O)OC(C)(C)C)n2nc(C)cc2C)n1. The molecule has 28 heavy (non-hydrogen) atoms. The second-order valence-corrected chi connectivity index (χ2v) is 7.84. The van der Waals surface area contributed by atoms with Crippen LogP contribution in [0, 0.1) is 27.7 Å². The molecular weight excluding hydrogens is 360 g/mol. The Balaban J connectivity index is 2.08. The fourth-order valence-electron chi connectivity index (χ4n) is 2.87. The van der Waals surface area contributed by atoms with Gasteiger partial charge < -0.3 is 15.4 Å². The summed E-state index contributed by atoms with van der Waals surface area (Å²) in [4.78, 5) is 24.7. The number of aromatic nitrogens is 4. The summed E-state index contributed by atoms with van der Waals surface area (Å²) in [6.07, 6.45) is -1.26. The number of hydrogen-bond acceptors (Lipinski definition) is 5. The zero-order valence-electron chi connectivity index (χ0n) is 17.7. The van der Waals surface area contributed by atoms with E-state index >= 15 is 0 Å². The second-order valence-electron chi connectivity index (χ2n) is 7.84. The predicted molar refractivity (Wildman–Crippen MR) is 105 cm³/mol. The van der Waals surface area contributed by atoms with Crippen LogP contribution < -0.4 is 10.6 Å². The summed E-state index contributed by atoms with van der Waals surface area (Å²) in [5.74, 6) is -0.261. The van der Waals surface area contributed by atoms with E-state index < -0.39 is 17.9 Å². The largest absolute Gasteiger partial charge is 0.444 e. The van der Waals surface area contributed by atoms with E-state index in [0.29, 0.717) is 0 Å². The van der Waals surface area contributed by atoms with Gasteiger partial charge in [-0.15, -0.1) is 0 Å². The Hall–Kier alpha value is -2.84. The maximum Gasteiger partial charge on any atom is 0.407 e. The molecule has 0 saturated carbocycles. The molecule has 0 aliphatic carbocycles. The lowest BCUT2D eigenvalue weighted by Gasteiger charge is -2.21. The molecular formula is C19H30N6O3. The van der Waals surface area contributed by atoms with Crippen molar-refractivity contribution in [1.29, 1.82) is 0 Å². The minimum Gasteiger partial charge on any atom is -0.444 e. The van der Waals surface area contributed by atoms with Gasteiger partial charge in [0.1, 0.15) is 5.60 Å². The summed E-state index contributed by atoms with van der Waals surface area (Å²) in [7, 11) is 0. The molecule has 2 aromatic rings. The first-order valence-electron chi connectivity index (χ1n) is 9.28. The van der Waals surface area contributed by atoms with Crippen LogP contribution in [0.1, 0.15) is 49.7 Å². The van der Waals surface area contributed by atoms with Crippen molar-refractivity contribution in [2.45, 2.75) is 60.2 Å². The van der Waals surface area contributed by atoms with Gasteiger partial charge in [0.2, 0.25) is 6.17 Å².